The summed E-state index contributed by atoms with van der Waals surface area (Å²) in [5.41, 5.74) is 7.18. The highest BCUT2D eigenvalue weighted by molar-refractivity contribution is 7.09. The number of aromatic nitrogens is 1. The van der Waals surface area contributed by atoms with Crippen LogP contribution in [-0.2, 0) is 0 Å². The first kappa shape index (κ1) is 10.1. The second kappa shape index (κ2) is 3.99. The second-order valence-electron chi connectivity index (χ2n) is 4.62. The van der Waals surface area contributed by atoms with Crippen LogP contribution in [-0.4, -0.2) is 4.98 Å². The molecule has 0 saturated heterocycles. The van der Waals surface area contributed by atoms with Crippen molar-refractivity contribution >= 4 is 11.3 Å². The van der Waals surface area contributed by atoms with Crippen LogP contribution < -0.4 is 5.73 Å². The molecule has 0 aliphatic heterocycles. The predicted molar refractivity (Wildman–Crippen MR) is 60.5 cm³/mol. The molecule has 14 heavy (non-hydrogen) atoms. The van der Waals surface area contributed by atoms with Crippen LogP contribution in [0.5, 0.6) is 0 Å². The van der Waals surface area contributed by atoms with Crippen molar-refractivity contribution < 1.29 is 0 Å². The van der Waals surface area contributed by atoms with Crippen molar-refractivity contribution in [2.75, 3.05) is 0 Å². The third-order valence-corrected chi connectivity index (χ3v) is 3.60. The Bertz CT molecular complexity index is 302. The minimum atomic E-state index is 0.138. The number of thiazole rings is 1. The summed E-state index contributed by atoms with van der Waals surface area (Å²) in [6.45, 7) is 4.40. The van der Waals surface area contributed by atoms with E-state index in [1.54, 1.807) is 11.3 Å². The Hall–Kier alpha value is -0.410. The largest absolute Gasteiger partial charge is 0.323 e. The van der Waals surface area contributed by atoms with E-state index in [4.69, 9.17) is 5.73 Å². The predicted octanol–water partition coefficient (Wildman–Crippen LogP) is 3.07. The summed E-state index contributed by atoms with van der Waals surface area (Å²) in [6, 6.07) is 0.138. The van der Waals surface area contributed by atoms with Crippen LogP contribution in [0, 0.1) is 5.92 Å². The first-order valence-electron chi connectivity index (χ1n) is 5.37. The van der Waals surface area contributed by atoms with E-state index in [-0.39, 0.29) is 6.04 Å². The van der Waals surface area contributed by atoms with E-state index in [2.05, 4.69) is 24.2 Å². The van der Waals surface area contributed by atoms with Crippen molar-refractivity contribution in [2.24, 2.45) is 11.7 Å². The average Bonchev–Trinajstić information content (AvgIpc) is 2.82. The Kier molecular flexibility index (Phi) is 2.88. The molecule has 1 unspecified atom stereocenters. The molecule has 1 saturated carbocycles. The summed E-state index contributed by atoms with van der Waals surface area (Å²) in [4.78, 5) is 4.62. The number of hydrogen-bond acceptors (Lipinski definition) is 3. The third-order valence-electron chi connectivity index (χ3n) is 2.57. The smallest absolute Gasteiger partial charge is 0.0959 e. The van der Waals surface area contributed by atoms with Gasteiger partial charge in [-0.05, 0) is 25.2 Å². The van der Waals surface area contributed by atoms with Crippen molar-refractivity contribution in [2.45, 2.75) is 45.1 Å². The zero-order valence-corrected chi connectivity index (χ0v) is 9.68. The van der Waals surface area contributed by atoms with Crippen LogP contribution >= 0.6 is 11.3 Å². The summed E-state index contributed by atoms with van der Waals surface area (Å²) in [6.07, 6.45) is 3.69. The molecule has 1 aromatic heterocycles. The molecule has 3 heteroatoms. The summed E-state index contributed by atoms with van der Waals surface area (Å²) >= 11 is 1.78. The molecule has 1 heterocycles. The molecule has 1 aliphatic carbocycles. The Morgan fingerprint density at radius 1 is 1.57 bits per heavy atom. The van der Waals surface area contributed by atoms with Gasteiger partial charge in [-0.3, -0.25) is 0 Å². The molecule has 2 rings (SSSR count). The highest BCUT2D eigenvalue weighted by atomic mass is 32.1. The van der Waals surface area contributed by atoms with E-state index in [9.17, 15) is 0 Å². The third kappa shape index (κ3) is 2.34. The quantitative estimate of drug-likeness (QED) is 0.829. The van der Waals surface area contributed by atoms with Gasteiger partial charge in [0.2, 0.25) is 0 Å². The molecule has 2 nitrogen and oxygen atoms in total. The normalized spacial score (nSPS) is 18.9. The fraction of sp³-hybridized carbons (Fsp3) is 0.727. The molecule has 78 valence electrons. The van der Waals surface area contributed by atoms with Crippen LogP contribution in [0.15, 0.2) is 5.38 Å². The topological polar surface area (TPSA) is 38.9 Å². The maximum Gasteiger partial charge on any atom is 0.0959 e. The Labute approximate surface area is 89.5 Å². The Balaban J connectivity index is 2.00. The lowest BCUT2D eigenvalue weighted by Crippen LogP contribution is -2.13. The maximum absolute atomic E-state index is 6.07. The average molecular weight is 210 g/mol. The fourth-order valence-electron chi connectivity index (χ4n) is 1.62. The van der Waals surface area contributed by atoms with Crippen LogP contribution in [0.25, 0.3) is 0 Å². The fourth-order valence-corrected chi connectivity index (χ4v) is 2.67. The molecule has 1 aliphatic rings. The maximum atomic E-state index is 6.07. The SMILES string of the molecule is CC(C)CC(N)c1csc(C2CC2)n1. The lowest BCUT2D eigenvalue weighted by molar-refractivity contribution is 0.503. The van der Waals surface area contributed by atoms with Gasteiger partial charge in [0.1, 0.15) is 0 Å². The van der Waals surface area contributed by atoms with E-state index < -0.39 is 0 Å². The van der Waals surface area contributed by atoms with Crippen molar-refractivity contribution in [1.82, 2.24) is 4.98 Å². The molecule has 1 fully saturated rings. The first-order valence-corrected chi connectivity index (χ1v) is 6.25. The number of nitrogens with two attached hydrogens (primary N) is 1. The van der Waals surface area contributed by atoms with E-state index >= 15 is 0 Å². The molecule has 0 aromatic carbocycles. The highest BCUT2D eigenvalue weighted by Gasteiger charge is 2.27. The molecule has 2 N–H and O–H groups in total. The van der Waals surface area contributed by atoms with Crippen molar-refractivity contribution in [3.8, 4) is 0 Å². The number of nitrogens with zero attached hydrogens (tertiary/aromatic N) is 1. The molecule has 0 bridgehead atoms. The van der Waals surface area contributed by atoms with Gasteiger partial charge in [0, 0.05) is 17.3 Å². The van der Waals surface area contributed by atoms with Gasteiger partial charge in [0.05, 0.1) is 10.7 Å². The first-order chi connectivity index (χ1) is 6.66. The van der Waals surface area contributed by atoms with Gasteiger partial charge in [0.25, 0.3) is 0 Å². The monoisotopic (exact) mass is 210 g/mol. The number of hydrogen-bond donors (Lipinski definition) is 1. The molecular weight excluding hydrogens is 192 g/mol. The second-order valence-corrected chi connectivity index (χ2v) is 5.51. The molecule has 0 spiro atoms. The highest BCUT2D eigenvalue weighted by Crippen LogP contribution is 2.41. The minimum Gasteiger partial charge on any atom is -0.323 e. The van der Waals surface area contributed by atoms with Crippen LogP contribution in [0.3, 0.4) is 0 Å². The standard InChI is InChI=1S/C11H18N2S/c1-7(2)5-9(12)10-6-14-11(13-10)8-3-4-8/h6-9H,3-5,12H2,1-2H3. The van der Waals surface area contributed by atoms with Gasteiger partial charge < -0.3 is 5.73 Å². The van der Waals surface area contributed by atoms with E-state index in [0.29, 0.717) is 5.92 Å². The zero-order chi connectivity index (χ0) is 10.1. The summed E-state index contributed by atoms with van der Waals surface area (Å²) < 4.78 is 0. The van der Waals surface area contributed by atoms with Crippen LogP contribution in [0.4, 0.5) is 0 Å². The molecule has 0 radical (unpaired) electrons. The zero-order valence-electron chi connectivity index (χ0n) is 8.86. The molecular formula is C11H18N2S. The molecule has 1 atom stereocenters. The van der Waals surface area contributed by atoms with Gasteiger partial charge in [0.15, 0.2) is 0 Å². The van der Waals surface area contributed by atoms with Gasteiger partial charge in [-0.25, -0.2) is 4.98 Å². The van der Waals surface area contributed by atoms with Gasteiger partial charge in [-0.15, -0.1) is 11.3 Å². The van der Waals surface area contributed by atoms with Gasteiger partial charge in [-0.1, -0.05) is 13.8 Å². The van der Waals surface area contributed by atoms with Crippen LogP contribution in [0.2, 0.25) is 0 Å². The van der Waals surface area contributed by atoms with Crippen molar-refractivity contribution in [3.63, 3.8) is 0 Å². The van der Waals surface area contributed by atoms with Crippen molar-refractivity contribution in [3.05, 3.63) is 16.1 Å². The van der Waals surface area contributed by atoms with Crippen LogP contribution in [0.1, 0.15) is 55.8 Å². The van der Waals surface area contributed by atoms with Gasteiger partial charge in [-0.2, -0.15) is 0 Å². The van der Waals surface area contributed by atoms with Gasteiger partial charge >= 0.3 is 0 Å². The molecule has 0 amide bonds. The minimum absolute atomic E-state index is 0.138. The van der Waals surface area contributed by atoms with E-state index in [1.165, 1.54) is 17.8 Å². The lowest BCUT2D eigenvalue weighted by atomic mass is 10.0. The van der Waals surface area contributed by atoms with E-state index in [1.807, 2.05) is 0 Å². The molecule has 1 aromatic rings. The Morgan fingerprint density at radius 2 is 2.29 bits per heavy atom. The summed E-state index contributed by atoms with van der Waals surface area (Å²) in [5.74, 6) is 1.41. The Morgan fingerprint density at radius 3 is 2.86 bits per heavy atom. The van der Waals surface area contributed by atoms with Crippen molar-refractivity contribution in [1.29, 1.82) is 0 Å². The summed E-state index contributed by atoms with van der Waals surface area (Å²) in [5, 5.41) is 3.44. The summed E-state index contributed by atoms with van der Waals surface area (Å²) in [7, 11) is 0. The number of rotatable bonds is 4. The van der Waals surface area contributed by atoms with E-state index in [0.717, 1.165) is 18.0 Å². The lowest BCUT2D eigenvalue weighted by Gasteiger charge is -2.10.